The number of alkyl halides is 2. The van der Waals surface area contributed by atoms with Crippen LogP contribution in [0.25, 0.3) is 5.65 Å². The number of imidazole rings is 1. The van der Waals surface area contributed by atoms with Gasteiger partial charge in [0.2, 0.25) is 0 Å². The van der Waals surface area contributed by atoms with Crippen molar-refractivity contribution < 1.29 is 18.3 Å². The molecule has 0 amide bonds. The van der Waals surface area contributed by atoms with Crippen molar-refractivity contribution in [2.24, 2.45) is 0 Å². The molecule has 1 aliphatic rings. The number of carbonyl (C=O) groups is 1. The van der Waals surface area contributed by atoms with Crippen molar-refractivity contribution in [3.63, 3.8) is 0 Å². The van der Waals surface area contributed by atoms with Crippen molar-refractivity contribution in [2.75, 3.05) is 0 Å². The van der Waals surface area contributed by atoms with Crippen LogP contribution in [0.1, 0.15) is 60.9 Å². The second-order valence-corrected chi connectivity index (χ2v) is 7.09. The highest BCUT2D eigenvalue weighted by Gasteiger charge is 2.26. The van der Waals surface area contributed by atoms with Gasteiger partial charge >= 0.3 is 6.55 Å². The summed E-state index contributed by atoms with van der Waals surface area (Å²) in [5.41, 5.74) is 2.50. The Kier molecular flexibility index (Phi) is 4.41. The van der Waals surface area contributed by atoms with Gasteiger partial charge in [0.25, 0.3) is 0 Å². The minimum absolute atomic E-state index is 0.00911. The number of ketones is 1. The van der Waals surface area contributed by atoms with Crippen LogP contribution in [0, 0.1) is 0 Å². The Morgan fingerprint density at radius 3 is 2.74 bits per heavy atom. The standard InChI is InChI=1S/C19H20F2N4O2/c1-11(2)27-17-8-18-22-15(12-3-4-12)10-24(18)9-13(17)7-16(26)14-5-6-25(23-14)19(20)21/h5-6,8-12,19H,3-4,7H2,1-2H3. The maximum absolute atomic E-state index is 12.7. The monoisotopic (exact) mass is 374 g/mol. The summed E-state index contributed by atoms with van der Waals surface area (Å²) in [6.07, 6.45) is 7.14. The number of ether oxygens (including phenoxy) is 1. The average Bonchev–Trinajstić information content (AvgIpc) is 3.17. The first-order valence-corrected chi connectivity index (χ1v) is 8.95. The van der Waals surface area contributed by atoms with Crippen LogP contribution in [0.3, 0.4) is 0 Å². The van der Waals surface area contributed by atoms with Gasteiger partial charge in [-0.2, -0.15) is 13.9 Å². The number of nitrogens with zero attached hydrogens (tertiary/aromatic N) is 4. The SMILES string of the molecule is CC(C)Oc1cc2nc(C3CC3)cn2cc1CC(=O)c1ccn(C(F)F)n1. The molecule has 1 saturated carbocycles. The highest BCUT2D eigenvalue weighted by molar-refractivity contribution is 5.96. The summed E-state index contributed by atoms with van der Waals surface area (Å²) in [7, 11) is 0. The molecule has 0 radical (unpaired) electrons. The molecular formula is C19H20F2N4O2. The van der Waals surface area contributed by atoms with Crippen LogP contribution in [-0.2, 0) is 6.42 Å². The summed E-state index contributed by atoms with van der Waals surface area (Å²) in [6.45, 7) is 1.04. The lowest BCUT2D eigenvalue weighted by atomic mass is 10.1. The molecule has 1 fully saturated rings. The Bertz CT molecular complexity index is 989. The molecule has 4 rings (SSSR count). The third-order valence-electron chi connectivity index (χ3n) is 4.45. The van der Waals surface area contributed by atoms with Crippen molar-refractivity contribution in [1.29, 1.82) is 0 Å². The van der Waals surface area contributed by atoms with Gasteiger partial charge < -0.3 is 9.14 Å². The lowest BCUT2D eigenvalue weighted by molar-refractivity contribution is 0.0560. The smallest absolute Gasteiger partial charge is 0.333 e. The quantitative estimate of drug-likeness (QED) is 0.586. The van der Waals surface area contributed by atoms with Crippen molar-refractivity contribution in [1.82, 2.24) is 19.2 Å². The Balaban J connectivity index is 1.65. The topological polar surface area (TPSA) is 61.4 Å². The second-order valence-electron chi connectivity index (χ2n) is 7.09. The molecule has 0 atom stereocenters. The maximum atomic E-state index is 12.7. The fraction of sp³-hybridized carbons (Fsp3) is 0.421. The van der Waals surface area contributed by atoms with Gasteiger partial charge in [-0.05, 0) is 32.8 Å². The number of fused-ring (bicyclic) bond motifs is 1. The number of Topliss-reactive ketones (excluding diaryl/α,β-unsaturated/α-hetero) is 1. The Morgan fingerprint density at radius 1 is 1.33 bits per heavy atom. The van der Waals surface area contributed by atoms with Gasteiger partial charge in [-0.1, -0.05) is 0 Å². The molecule has 1 aliphatic carbocycles. The van der Waals surface area contributed by atoms with E-state index in [1.165, 1.54) is 6.07 Å². The summed E-state index contributed by atoms with van der Waals surface area (Å²) < 4.78 is 33.6. The minimum Gasteiger partial charge on any atom is -0.491 e. The fourth-order valence-corrected chi connectivity index (χ4v) is 3.01. The van der Waals surface area contributed by atoms with Crippen molar-refractivity contribution in [3.05, 3.63) is 47.7 Å². The zero-order chi connectivity index (χ0) is 19.1. The molecule has 0 N–H and O–H groups in total. The van der Waals surface area contributed by atoms with Crippen LogP contribution in [0.5, 0.6) is 5.75 Å². The van der Waals surface area contributed by atoms with E-state index in [1.54, 1.807) is 0 Å². The number of hydrogen-bond acceptors (Lipinski definition) is 4. The van der Waals surface area contributed by atoms with Crippen LogP contribution in [0.4, 0.5) is 8.78 Å². The Hall–Kier alpha value is -2.77. The van der Waals surface area contributed by atoms with Crippen LogP contribution in [0.2, 0.25) is 0 Å². The molecule has 0 spiro atoms. The van der Waals surface area contributed by atoms with E-state index in [2.05, 4.69) is 10.1 Å². The van der Waals surface area contributed by atoms with Gasteiger partial charge in [0.15, 0.2) is 5.78 Å². The summed E-state index contributed by atoms with van der Waals surface area (Å²) in [5, 5.41) is 3.65. The second kappa shape index (κ2) is 6.75. The van der Waals surface area contributed by atoms with Gasteiger partial charge in [0.05, 0.1) is 11.8 Å². The third kappa shape index (κ3) is 3.70. The predicted molar refractivity (Wildman–Crippen MR) is 94.4 cm³/mol. The molecule has 142 valence electrons. The predicted octanol–water partition coefficient (Wildman–Crippen LogP) is 4.02. The Morgan fingerprint density at radius 2 is 2.11 bits per heavy atom. The first-order chi connectivity index (χ1) is 12.9. The molecule has 0 saturated heterocycles. The first kappa shape index (κ1) is 17.6. The number of carbonyl (C=O) groups excluding carboxylic acids is 1. The average molecular weight is 374 g/mol. The van der Waals surface area contributed by atoms with E-state index in [0.717, 1.165) is 30.4 Å². The zero-order valence-corrected chi connectivity index (χ0v) is 15.1. The van der Waals surface area contributed by atoms with E-state index in [1.807, 2.05) is 36.7 Å². The molecule has 27 heavy (non-hydrogen) atoms. The highest BCUT2D eigenvalue weighted by atomic mass is 19.3. The van der Waals surface area contributed by atoms with E-state index in [9.17, 15) is 13.6 Å². The highest BCUT2D eigenvalue weighted by Crippen LogP contribution is 2.39. The third-order valence-corrected chi connectivity index (χ3v) is 4.45. The molecular weight excluding hydrogens is 354 g/mol. The molecule has 0 aromatic carbocycles. The van der Waals surface area contributed by atoms with E-state index in [-0.39, 0.29) is 24.0 Å². The van der Waals surface area contributed by atoms with E-state index in [0.29, 0.717) is 21.9 Å². The van der Waals surface area contributed by atoms with Crippen molar-refractivity contribution in [3.8, 4) is 5.75 Å². The summed E-state index contributed by atoms with van der Waals surface area (Å²) in [5.74, 6) is 0.750. The van der Waals surface area contributed by atoms with Gasteiger partial charge in [-0.15, -0.1) is 0 Å². The molecule has 6 nitrogen and oxygen atoms in total. The van der Waals surface area contributed by atoms with Crippen LogP contribution >= 0.6 is 0 Å². The summed E-state index contributed by atoms with van der Waals surface area (Å²) in [6, 6.07) is 3.13. The molecule has 8 heteroatoms. The molecule has 3 aromatic rings. The van der Waals surface area contributed by atoms with Crippen LogP contribution in [-0.4, -0.2) is 31.1 Å². The lowest BCUT2D eigenvalue weighted by Gasteiger charge is -2.14. The van der Waals surface area contributed by atoms with E-state index < -0.39 is 6.55 Å². The molecule has 3 aromatic heterocycles. The number of pyridine rings is 1. The van der Waals surface area contributed by atoms with E-state index in [4.69, 9.17) is 4.74 Å². The van der Waals surface area contributed by atoms with Crippen LogP contribution < -0.4 is 4.74 Å². The minimum atomic E-state index is -2.77. The molecule has 3 heterocycles. The number of hydrogen-bond donors (Lipinski definition) is 0. The first-order valence-electron chi connectivity index (χ1n) is 8.95. The normalized spacial score (nSPS) is 14.4. The lowest BCUT2D eigenvalue weighted by Crippen LogP contribution is -2.12. The maximum Gasteiger partial charge on any atom is 0.333 e. The van der Waals surface area contributed by atoms with Gasteiger partial charge in [0, 0.05) is 42.6 Å². The summed E-state index contributed by atoms with van der Waals surface area (Å²) >= 11 is 0. The van der Waals surface area contributed by atoms with Gasteiger partial charge in [-0.25, -0.2) is 9.67 Å². The van der Waals surface area contributed by atoms with E-state index >= 15 is 0 Å². The van der Waals surface area contributed by atoms with Gasteiger partial charge in [-0.3, -0.25) is 4.79 Å². The van der Waals surface area contributed by atoms with Crippen molar-refractivity contribution >= 4 is 11.4 Å². The van der Waals surface area contributed by atoms with Gasteiger partial charge in [0.1, 0.15) is 17.1 Å². The largest absolute Gasteiger partial charge is 0.491 e. The zero-order valence-electron chi connectivity index (χ0n) is 15.1. The number of aromatic nitrogens is 4. The molecule has 0 aliphatic heterocycles. The summed E-state index contributed by atoms with van der Waals surface area (Å²) in [4.78, 5) is 17.2. The molecule has 0 bridgehead atoms. The number of halogens is 2. The fourth-order valence-electron chi connectivity index (χ4n) is 3.01. The Labute approximate surface area is 154 Å². The molecule has 0 unspecified atom stereocenters. The van der Waals surface area contributed by atoms with Crippen molar-refractivity contribution in [2.45, 2.75) is 51.7 Å². The number of rotatable bonds is 7. The van der Waals surface area contributed by atoms with Crippen LogP contribution in [0.15, 0.2) is 30.7 Å².